The van der Waals surface area contributed by atoms with Crippen molar-refractivity contribution in [1.82, 2.24) is 9.88 Å². The van der Waals surface area contributed by atoms with E-state index in [2.05, 4.69) is 48.6 Å². The average Bonchev–Trinajstić information content (AvgIpc) is 3.18. The molecule has 3 aromatic rings. The number of aliphatic imine (C=N–C) groups is 1. The van der Waals surface area contributed by atoms with E-state index < -0.39 is 11.6 Å². The van der Waals surface area contributed by atoms with E-state index in [-0.39, 0.29) is 18.4 Å². The van der Waals surface area contributed by atoms with E-state index in [4.69, 9.17) is 4.74 Å². The van der Waals surface area contributed by atoms with Gasteiger partial charge < -0.3 is 14.6 Å². The molecule has 1 aliphatic heterocycles. The summed E-state index contributed by atoms with van der Waals surface area (Å²) in [5, 5.41) is 3.74. The van der Waals surface area contributed by atoms with Gasteiger partial charge in [0.1, 0.15) is 5.75 Å². The first kappa shape index (κ1) is 26.6. The van der Waals surface area contributed by atoms with E-state index in [9.17, 15) is 13.6 Å². The van der Waals surface area contributed by atoms with Crippen molar-refractivity contribution in [3.05, 3.63) is 76.6 Å². The van der Waals surface area contributed by atoms with E-state index in [1.54, 1.807) is 0 Å². The van der Waals surface area contributed by atoms with Crippen molar-refractivity contribution in [3.63, 3.8) is 0 Å². The van der Waals surface area contributed by atoms with Gasteiger partial charge in [-0.1, -0.05) is 46.3 Å². The molecule has 2 aromatic carbocycles. The summed E-state index contributed by atoms with van der Waals surface area (Å²) < 4.78 is 35.2. The highest BCUT2D eigenvalue weighted by atomic mass is 19.2. The number of carbonyl (C=O) groups excluding carboxylic acids is 1. The summed E-state index contributed by atoms with van der Waals surface area (Å²) in [6.45, 7) is 9.68. The van der Waals surface area contributed by atoms with Crippen molar-refractivity contribution in [3.8, 4) is 5.75 Å². The number of allylic oxidation sites excluding steroid dienone is 2. The molecule has 0 aliphatic carbocycles. The summed E-state index contributed by atoms with van der Waals surface area (Å²) in [4.78, 5) is 18.2. The molecule has 5 nitrogen and oxygen atoms in total. The third-order valence-corrected chi connectivity index (χ3v) is 6.59. The van der Waals surface area contributed by atoms with E-state index in [0.29, 0.717) is 30.2 Å². The van der Waals surface area contributed by atoms with Gasteiger partial charge in [-0.15, -0.1) is 0 Å². The lowest BCUT2D eigenvalue weighted by atomic mass is 10.0. The molecule has 0 saturated heterocycles. The molecule has 0 saturated carbocycles. The summed E-state index contributed by atoms with van der Waals surface area (Å²) in [6, 6.07) is 9.49. The molecular formula is C30H35F2N3O2. The number of halogens is 2. The van der Waals surface area contributed by atoms with Crippen LogP contribution in [0.2, 0.25) is 0 Å². The molecule has 1 atom stereocenters. The number of rotatable bonds is 10. The molecule has 1 N–H and O–H groups in total. The minimum Gasteiger partial charge on any atom is -0.494 e. The Labute approximate surface area is 217 Å². The average molecular weight is 508 g/mol. The number of carbonyl (C=O) groups is 1. The van der Waals surface area contributed by atoms with Gasteiger partial charge in [-0.25, -0.2) is 8.78 Å². The fourth-order valence-electron chi connectivity index (χ4n) is 4.73. The second-order valence-corrected chi connectivity index (χ2v) is 10.00. The summed E-state index contributed by atoms with van der Waals surface area (Å²) in [6.07, 6.45) is 7.06. The first-order chi connectivity index (χ1) is 17.8. The van der Waals surface area contributed by atoms with Gasteiger partial charge >= 0.3 is 0 Å². The van der Waals surface area contributed by atoms with Gasteiger partial charge in [0.2, 0.25) is 0 Å². The molecule has 196 valence electrons. The summed E-state index contributed by atoms with van der Waals surface area (Å²) in [7, 11) is 0. The molecule has 0 bridgehead atoms. The number of benzene rings is 2. The molecule has 1 aromatic heterocycles. The standard InChI is InChI=1S/C30H35F2N3O2/c1-5-6-13-37-23-8-9-24-27(16-23)35(18-22-14-20(4)11-12-33-22)29(19(2)3)28(24)30(36)34-17-21-7-10-25(31)26(32)15-21/h7-10,12,14-16,19-20H,5-6,11,13,17-18H2,1-4H3,(H,34,36). The summed E-state index contributed by atoms with van der Waals surface area (Å²) in [5.74, 6) is -0.886. The second-order valence-electron chi connectivity index (χ2n) is 10.00. The van der Waals surface area contributed by atoms with Gasteiger partial charge in [0, 0.05) is 29.9 Å². The maximum Gasteiger partial charge on any atom is 0.254 e. The van der Waals surface area contributed by atoms with Gasteiger partial charge in [0.25, 0.3) is 5.91 Å². The van der Waals surface area contributed by atoms with Crippen LogP contribution in [0.5, 0.6) is 5.75 Å². The smallest absolute Gasteiger partial charge is 0.254 e. The second kappa shape index (κ2) is 11.7. The molecule has 4 rings (SSSR count). The maximum atomic E-state index is 13.7. The molecule has 0 spiro atoms. The normalized spacial score (nSPS) is 15.3. The predicted octanol–water partition coefficient (Wildman–Crippen LogP) is 7.15. The van der Waals surface area contributed by atoms with Crippen molar-refractivity contribution in [1.29, 1.82) is 0 Å². The van der Waals surface area contributed by atoms with Crippen molar-refractivity contribution in [2.24, 2.45) is 10.9 Å². The van der Waals surface area contributed by atoms with Gasteiger partial charge in [-0.05, 0) is 54.5 Å². The highest BCUT2D eigenvalue weighted by molar-refractivity contribution is 6.09. The third-order valence-electron chi connectivity index (χ3n) is 6.59. The van der Waals surface area contributed by atoms with E-state index >= 15 is 0 Å². The number of amides is 1. The molecule has 0 radical (unpaired) electrons. The van der Waals surface area contributed by atoms with Gasteiger partial charge in [-0.2, -0.15) is 0 Å². The predicted molar refractivity (Wildman–Crippen MR) is 144 cm³/mol. The molecule has 1 aliphatic rings. The fraction of sp³-hybridized carbons (Fsp3) is 0.400. The van der Waals surface area contributed by atoms with E-state index in [1.807, 2.05) is 24.4 Å². The Morgan fingerprint density at radius 2 is 2.00 bits per heavy atom. The van der Waals surface area contributed by atoms with Gasteiger partial charge in [-0.3, -0.25) is 9.79 Å². The lowest BCUT2D eigenvalue weighted by molar-refractivity contribution is 0.0951. The van der Waals surface area contributed by atoms with Crippen LogP contribution in [0.1, 0.15) is 74.5 Å². The Morgan fingerprint density at radius 3 is 2.70 bits per heavy atom. The van der Waals surface area contributed by atoms with Crippen LogP contribution in [0.25, 0.3) is 10.9 Å². The van der Waals surface area contributed by atoms with Crippen LogP contribution in [0.15, 0.2) is 53.2 Å². The van der Waals surface area contributed by atoms with Crippen LogP contribution >= 0.6 is 0 Å². The topological polar surface area (TPSA) is 55.6 Å². The highest BCUT2D eigenvalue weighted by Crippen LogP contribution is 2.35. The first-order valence-electron chi connectivity index (χ1n) is 13.0. The Balaban J connectivity index is 1.75. The Kier molecular flexibility index (Phi) is 8.41. The molecule has 2 heterocycles. The maximum absolute atomic E-state index is 13.7. The lowest BCUT2D eigenvalue weighted by Crippen LogP contribution is -2.24. The Bertz CT molecular complexity index is 1340. The van der Waals surface area contributed by atoms with Crippen molar-refractivity contribution in [2.45, 2.75) is 66.0 Å². The van der Waals surface area contributed by atoms with E-state index in [0.717, 1.165) is 59.4 Å². The number of unbranched alkanes of at least 4 members (excludes halogenated alkanes) is 1. The Morgan fingerprint density at radius 1 is 1.19 bits per heavy atom. The SMILES string of the molecule is CCCCOc1ccc2c(C(=O)NCc3ccc(F)c(F)c3)c(C(C)C)n(CC3=CC(C)CC=N3)c2c1. The third kappa shape index (κ3) is 6.09. The number of nitrogens with zero attached hydrogens (tertiary/aromatic N) is 2. The van der Waals surface area contributed by atoms with Crippen molar-refractivity contribution < 1.29 is 18.3 Å². The fourth-order valence-corrected chi connectivity index (χ4v) is 4.73. The quantitative estimate of drug-likeness (QED) is 0.296. The van der Waals surface area contributed by atoms with Gasteiger partial charge in [0.15, 0.2) is 11.6 Å². The minimum absolute atomic E-state index is 0.0477. The zero-order chi connectivity index (χ0) is 26.5. The molecule has 37 heavy (non-hydrogen) atoms. The molecule has 7 heteroatoms. The summed E-state index contributed by atoms with van der Waals surface area (Å²) in [5.41, 5.74) is 3.84. The van der Waals surface area contributed by atoms with Crippen LogP contribution in [0, 0.1) is 17.6 Å². The van der Waals surface area contributed by atoms with Crippen molar-refractivity contribution in [2.75, 3.05) is 6.61 Å². The highest BCUT2D eigenvalue weighted by Gasteiger charge is 2.25. The van der Waals surface area contributed by atoms with Crippen molar-refractivity contribution >= 4 is 23.0 Å². The van der Waals surface area contributed by atoms with Crippen LogP contribution in [-0.2, 0) is 13.1 Å². The van der Waals surface area contributed by atoms with Crippen LogP contribution in [0.3, 0.4) is 0 Å². The molecule has 1 unspecified atom stereocenters. The molecular weight excluding hydrogens is 472 g/mol. The minimum atomic E-state index is -0.933. The monoisotopic (exact) mass is 507 g/mol. The number of hydrogen-bond donors (Lipinski definition) is 1. The number of fused-ring (bicyclic) bond motifs is 1. The lowest BCUT2D eigenvalue weighted by Gasteiger charge is -2.18. The van der Waals surface area contributed by atoms with Crippen LogP contribution < -0.4 is 10.1 Å². The molecule has 1 amide bonds. The number of ether oxygens (including phenoxy) is 1. The number of aromatic nitrogens is 1. The zero-order valence-corrected chi connectivity index (χ0v) is 22.0. The number of nitrogens with one attached hydrogen (secondary N) is 1. The van der Waals surface area contributed by atoms with Crippen LogP contribution in [-0.4, -0.2) is 23.3 Å². The van der Waals surface area contributed by atoms with E-state index in [1.165, 1.54) is 6.07 Å². The summed E-state index contributed by atoms with van der Waals surface area (Å²) >= 11 is 0. The molecule has 0 fully saturated rings. The van der Waals surface area contributed by atoms with Crippen LogP contribution in [0.4, 0.5) is 8.78 Å². The Hall–Kier alpha value is -3.48. The van der Waals surface area contributed by atoms with Gasteiger partial charge in [0.05, 0.1) is 29.9 Å². The largest absolute Gasteiger partial charge is 0.494 e. The number of hydrogen-bond acceptors (Lipinski definition) is 3. The first-order valence-corrected chi connectivity index (χ1v) is 13.0. The zero-order valence-electron chi connectivity index (χ0n) is 22.0.